The lowest BCUT2D eigenvalue weighted by Gasteiger charge is -2.31. The lowest BCUT2D eigenvalue weighted by Crippen LogP contribution is -3.13. The summed E-state index contributed by atoms with van der Waals surface area (Å²) in [4.78, 5) is 7.72. The van der Waals surface area contributed by atoms with E-state index >= 15 is 0 Å². The van der Waals surface area contributed by atoms with E-state index in [4.69, 9.17) is 11.6 Å². The van der Waals surface area contributed by atoms with E-state index in [1.807, 2.05) is 19.1 Å². The van der Waals surface area contributed by atoms with Crippen LogP contribution in [0.5, 0.6) is 5.88 Å². The highest BCUT2D eigenvalue weighted by Crippen LogP contribution is 2.35. The van der Waals surface area contributed by atoms with E-state index in [2.05, 4.69) is 22.2 Å². The highest BCUT2D eigenvalue weighted by molar-refractivity contribution is 7.17. The molecule has 0 spiro atoms. The summed E-state index contributed by atoms with van der Waals surface area (Å²) in [6.45, 7) is 4.24. The summed E-state index contributed by atoms with van der Waals surface area (Å²) in [5.74, 6) is 0.992. The molecule has 4 rings (SSSR count). The van der Waals surface area contributed by atoms with Crippen molar-refractivity contribution in [3.8, 4) is 5.88 Å². The summed E-state index contributed by atoms with van der Waals surface area (Å²) in [6, 6.07) is 8.09. The molecular weight excluding hydrogens is 356 g/mol. The minimum Gasteiger partial charge on any atom is -0.492 e. The second-order valence-corrected chi connectivity index (χ2v) is 8.01. The lowest BCUT2D eigenvalue weighted by molar-refractivity contribution is -0.929. The van der Waals surface area contributed by atoms with Crippen LogP contribution in [-0.2, 0) is 6.42 Å². The van der Waals surface area contributed by atoms with E-state index in [0.29, 0.717) is 0 Å². The molecule has 0 bridgehead atoms. The average Bonchev–Trinajstić information content (AvgIpc) is 3.18. The van der Waals surface area contributed by atoms with Crippen LogP contribution in [-0.4, -0.2) is 32.8 Å². The number of rotatable bonds is 4. The first-order valence-electron chi connectivity index (χ1n) is 8.84. The maximum Gasteiger partial charge on any atom is 0.235 e. The Labute approximate surface area is 155 Å². The van der Waals surface area contributed by atoms with E-state index in [-0.39, 0.29) is 11.9 Å². The number of nitrogens with zero attached hydrogens (tertiary/aromatic N) is 3. The van der Waals surface area contributed by atoms with Gasteiger partial charge in [0.15, 0.2) is 11.9 Å². The Bertz CT molecular complexity index is 867. The van der Waals surface area contributed by atoms with E-state index < -0.39 is 0 Å². The Morgan fingerprint density at radius 2 is 1.96 bits per heavy atom. The van der Waals surface area contributed by atoms with Gasteiger partial charge in [0.1, 0.15) is 4.88 Å². The van der Waals surface area contributed by atoms with Crippen molar-refractivity contribution in [1.82, 2.24) is 14.6 Å². The monoisotopic (exact) mass is 377 g/mol. The molecule has 2 N–H and O–H groups in total. The molecule has 7 heteroatoms. The van der Waals surface area contributed by atoms with Gasteiger partial charge >= 0.3 is 0 Å². The maximum absolute atomic E-state index is 10.8. The molecule has 1 fully saturated rings. The normalized spacial score (nSPS) is 17.2. The number of fused-ring (bicyclic) bond motifs is 1. The number of piperidine rings is 1. The molecule has 0 aliphatic carbocycles. The van der Waals surface area contributed by atoms with Crippen LogP contribution in [0.2, 0.25) is 5.02 Å². The predicted molar refractivity (Wildman–Crippen MR) is 99.7 cm³/mol. The zero-order chi connectivity index (χ0) is 17.4. The number of thiazole rings is 1. The van der Waals surface area contributed by atoms with Crippen molar-refractivity contribution in [2.24, 2.45) is 0 Å². The zero-order valence-electron chi connectivity index (χ0n) is 14.2. The summed E-state index contributed by atoms with van der Waals surface area (Å²) in [5, 5.41) is 16.0. The molecule has 1 atom stereocenters. The third-order valence-electron chi connectivity index (χ3n) is 4.93. The summed E-state index contributed by atoms with van der Waals surface area (Å²) in [5.41, 5.74) is 1.18. The van der Waals surface area contributed by atoms with Gasteiger partial charge in [0.2, 0.25) is 10.8 Å². The first-order chi connectivity index (χ1) is 12.2. The molecule has 1 saturated heterocycles. The Hall–Kier alpha value is -1.63. The Morgan fingerprint density at radius 3 is 2.60 bits per heavy atom. The molecule has 0 saturated carbocycles. The fourth-order valence-corrected chi connectivity index (χ4v) is 4.94. The molecular formula is C18H22ClN4OS+. The second-order valence-electron chi connectivity index (χ2n) is 6.57. The molecule has 25 heavy (non-hydrogen) atoms. The summed E-state index contributed by atoms with van der Waals surface area (Å²) in [6.07, 6.45) is 4.50. The number of hydrogen-bond donors (Lipinski definition) is 2. The molecule has 3 heterocycles. The topological polar surface area (TPSA) is 54.9 Å². The third kappa shape index (κ3) is 3.14. The molecule has 3 aromatic rings. The highest BCUT2D eigenvalue weighted by Gasteiger charge is 2.33. The molecule has 1 aliphatic rings. The molecule has 5 nitrogen and oxygen atoms in total. The maximum atomic E-state index is 10.8. The number of aromatic nitrogens is 3. The van der Waals surface area contributed by atoms with Crippen LogP contribution in [0.25, 0.3) is 4.96 Å². The molecule has 0 unspecified atom stereocenters. The van der Waals surface area contributed by atoms with Gasteiger partial charge in [-0.3, -0.25) is 0 Å². The number of aryl methyl sites for hydroxylation is 1. The Balaban J connectivity index is 1.80. The van der Waals surface area contributed by atoms with Gasteiger partial charge in [-0.1, -0.05) is 42.0 Å². The van der Waals surface area contributed by atoms with Crippen LogP contribution >= 0.6 is 22.9 Å². The quantitative estimate of drug-likeness (QED) is 0.735. The smallest absolute Gasteiger partial charge is 0.235 e. The number of aromatic hydroxyl groups is 1. The van der Waals surface area contributed by atoms with Gasteiger partial charge in [-0.15, -0.1) is 5.10 Å². The second kappa shape index (κ2) is 6.94. The first kappa shape index (κ1) is 16.8. The summed E-state index contributed by atoms with van der Waals surface area (Å²) >= 11 is 7.63. The summed E-state index contributed by atoms with van der Waals surface area (Å²) in [7, 11) is 0. The largest absolute Gasteiger partial charge is 0.492 e. The molecule has 2 aromatic heterocycles. The van der Waals surface area contributed by atoms with Gasteiger partial charge in [0.05, 0.1) is 13.1 Å². The predicted octanol–water partition coefficient (Wildman–Crippen LogP) is 2.87. The molecule has 0 radical (unpaired) electrons. The van der Waals surface area contributed by atoms with Crippen molar-refractivity contribution in [2.45, 2.75) is 38.6 Å². The van der Waals surface area contributed by atoms with Crippen LogP contribution in [0.4, 0.5) is 0 Å². The lowest BCUT2D eigenvalue weighted by atomic mass is 10.0. The SMILES string of the molecule is CCc1nc2sc([C@@H](c3ccc(Cl)cc3)[NH+]3CCCCC3)c(O)n2n1. The first-order valence-corrected chi connectivity index (χ1v) is 10.0. The van der Waals surface area contributed by atoms with Crippen LogP contribution in [0.15, 0.2) is 24.3 Å². The molecule has 0 amide bonds. The fraction of sp³-hybridized carbons (Fsp3) is 0.444. The minimum atomic E-state index is 0.0937. The zero-order valence-corrected chi connectivity index (χ0v) is 15.8. The van der Waals surface area contributed by atoms with Crippen molar-refractivity contribution in [3.05, 3.63) is 45.6 Å². The van der Waals surface area contributed by atoms with E-state index in [0.717, 1.165) is 40.2 Å². The van der Waals surface area contributed by atoms with E-state index in [1.165, 1.54) is 29.7 Å². The number of nitrogens with one attached hydrogen (secondary N) is 1. The Morgan fingerprint density at radius 1 is 1.24 bits per heavy atom. The van der Waals surface area contributed by atoms with Gasteiger partial charge < -0.3 is 10.0 Å². The number of quaternary nitrogens is 1. The van der Waals surface area contributed by atoms with Gasteiger partial charge in [-0.25, -0.2) is 4.98 Å². The van der Waals surface area contributed by atoms with Crippen molar-refractivity contribution in [2.75, 3.05) is 13.1 Å². The van der Waals surface area contributed by atoms with Crippen LogP contribution < -0.4 is 4.90 Å². The molecule has 132 valence electrons. The van der Waals surface area contributed by atoms with Gasteiger partial charge in [-0.05, 0) is 31.4 Å². The number of likely N-dealkylation sites (tertiary alicyclic amines) is 1. The summed E-state index contributed by atoms with van der Waals surface area (Å²) < 4.78 is 1.59. The van der Waals surface area contributed by atoms with Gasteiger partial charge in [-0.2, -0.15) is 4.52 Å². The minimum absolute atomic E-state index is 0.0937. The average molecular weight is 378 g/mol. The Kier molecular flexibility index (Phi) is 4.67. The van der Waals surface area contributed by atoms with Crippen molar-refractivity contribution in [3.63, 3.8) is 0 Å². The third-order valence-corrected chi connectivity index (χ3v) is 6.27. The van der Waals surface area contributed by atoms with Crippen molar-refractivity contribution >= 4 is 27.9 Å². The van der Waals surface area contributed by atoms with E-state index in [9.17, 15) is 5.11 Å². The van der Waals surface area contributed by atoms with Gasteiger partial charge in [0, 0.05) is 17.0 Å². The van der Waals surface area contributed by atoms with Crippen LogP contribution in [0.3, 0.4) is 0 Å². The standard InChI is InChI=1S/C18H21ClN4OS/c1-2-14-20-18-23(21-14)17(24)16(25-18)15(22-10-4-3-5-11-22)12-6-8-13(19)9-7-12/h6-9,15,24H,2-5,10-11H2,1H3/p+1/t15-/m1/s1. The number of halogens is 1. The molecule has 1 aliphatic heterocycles. The van der Waals surface area contributed by atoms with Crippen LogP contribution in [0, 0.1) is 0 Å². The van der Waals surface area contributed by atoms with Crippen molar-refractivity contribution in [1.29, 1.82) is 0 Å². The number of hydrogen-bond acceptors (Lipinski definition) is 4. The van der Waals surface area contributed by atoms with Crippen LogP contribution in [0.1, 0.15) is 48.5 Å². The highest BCUT2D eigenvalue weighted by atomic mass is 35.5. The fourth-order valence-electron chi connectivity index (χ4n) is 3.65. The number of benzene rings is 1. The van der Waals surface area contributed by atoms with Gasteiger partial charge in [0.25, 0.3) is 0 Å². The van der Waals surface area contributed by atoms with E-state index in [1.54, 1.807) is 15.9 Å². The molecule has 1 aromatic carbocycles. The van der Waals surface area contributed by atoms with Crippen molar-refractivity contribution < 1.29 is 10.0 Å².